The Balaban J connectivity index is 2.03. The molecule has 0 aromatic carbocycles. The van der Waals surface area contributed by atoms with E-state index in [0.29, 0.717) is 17.2 Å². The number of thiocarbonyl (C=S) groups is 1. The summed E-state index contributed by atoms with van der Waals surface area (Å²) < 4.78 is 0. The maximum atomic E-state index is 5.72. The van der Waals surface area contributed by atoms with E-state index < -0.39 is 0 Å². The molecule has 0 saturated carbocycles. The van der Waals surface area contributed by atoms with E-state index in [1.807, 2.05) is 0 Å². The highest BCUT2D eigenvalue weighted by Crippen LogP contribution is 2.23. The van der Waals surface area contributed by atoms with Gasteiger partial charge in [-0.25, -0.2) is 0 Å². The molecule has 2 heterocycles. The fourth-order valence-electron chi connectivity index (χ4n) is 2.66. The van der Waals surface area contributed by atoms with Gasteiger partial charge in [0.05, 0.1) is 0 Å². The van der Waals surface area contributed by atoms with Crippen LogP contribution in [0, 0.1) is 0 Å². The normalized spacial score (nSPS) is 33.9. The molecule has 2 rings (SSSR count). The van der Waals surface area contributed by atoms with E-state index >= 15 is 0 Å². The van der Waals surface area contributed by atoms with Gasteiger partial charge in [0.25, 0.3) is 0 Å². The van der Waals surface area contributed by atoms with Crippen molar-refractivity contribution < 1.29 is 0 Å². The molecule has 14 heavy (non-hydrogen) atoms. The van der Waals surface area contributed by atoms with Gasteiger partial charge in [0.15, 0.2) is 5.11 Å². The molecular weight excluding hydrogens is 194 g/mol. The first-order valence-corrected chi connectivity index (χ1v) is 5.89. The van der Waals surface area contributed by atoms with Gasteiger partial charge in [0.1, 0.15) is 0 Å². The van der Waals surface area contributed by atoms with E-state index in [1.165, 1.54) is 25.8 Å². The molecule has 3 nitrogen and oxygen atoms in total. The smallest absolute Gasteiger partial charge is 0.166 e. The highest BCUT2D eigenvalue weighted by molar-refractivity contribution is 7.80. The molecule has 80 valence electrons. The van der Waals surface area contributed by atoms with Crippen LogP contribution < -0.4 is 5.73 Å². The third-order valence-corrected chi connectivity index (χ3v) is 3.70. The van der Waals surface area contributed by atoms with Crippen LogP contribution in [0.4, 0.5) is 0 Å². The highest BCUT2D eigenvalue weighted by Gasteiger charge is 2.33. The molecule has 0 aromatic heterocycles. The van der Waals surface area contributed by atoms with Gasteiger partial charge in [-0.2, -0.15) is 0 Å². The maximum Gasteiger partial charge on any atom is 0.166 e. The summed E-state index contributed by atoms with van der Waals surface area (Å²) in [6, 6.07) is 1.18. The number of piperazine rings is 1. The average molecular weight is 213 g/mol. The Morgan fingerprint density at radius 3 is 2.86 bits per heavy atom. The van der Waals surface area contributed by atoms with Crippen LogP contribution in [0.5, 0.6) is 0 Å². The summed E-state index contributed by atoms with van der Waals surface area (Å²) in [7, 11) is 0. The van der Waals surface area contributed by atoms with Crippen LogP contribution in [-0.2, 0) is 0 Å². The lowest BCUT2D eigenvalue weighted by Crippen LogP contribution is -2.61. The van der Waals surface area contributed by atoms with Gasteiger partial charge in [-0.3, -0.25) is 4.90 Å². The quantitative estimate of drug-likeness (QED) is 0.603. The Morgan fingerprint density at radius 1 is 1.36 bits per heavy atom. The van der Waals surface area contributed by atoms with Gasteiger partial charge >= 0.3 is 0 Å². The average Bonchev–Trinajstić information content (AvgIpc) is 2.16. The molecule has 0 aliphatic carbocycles. The molecule has 2 saturated heterocycles. The van der Waals surface area contributed by atoms with Crippen molar-refractivity contribution in [3.05, 3.63) is 0 Å². The van der Waals surface area contributed by atoms with Crippen LogP contribution >= 0.6 is 12.2 Å². The number of nitrogens with two attached hydrogens (primary N) is 1. The Hall–Kier alpha value is -0.350. The zero-order valence-electron chi connectivity index (χ0n) is 8.78. The first-order chi connectivity index (χ1) is 6.68. The van der Waals surface area contributed by atoms with Crippen LogP contribution in [0.1, 0.15) is 26.2 Å². The maximum absolute atomic E-state index is 5.72. The molecule has 0 bridgehead atoms. The summed E-state index contributed by atoms with van der Waals surface area (Å²) in [5.74, 6) is 0. The molecule has 2 fully saturated rings. The van der Waals surface area contributed by atoms with Crippen molar-refractivity contribution in [3.63, 3.8) is 0 Å². The van der Waals surface area contributed by atoms with Gasteiger partial charge in [-0.15, -0.1) is 0 Å². The number of hydrogen-bond donors (Lipinski definition) is 1. The van der Waals surface area contributed by atoms with E-state index in [-0.39, 0.29) is 0 Å². The van der Waals surface area contributed by atoms with Crippen molar-refractivity contribution in [3.8, 4) is 0 Å². The predicted molar refractivity (Wildman–Crippen MR) is 62.2 cm³/mol. The fourth-order valence-corrected chi connectivity index (χ4v) is 2.91. The van der Waals surface area contributed by atoms with Gasteiger partial charge in [0.2, 0.25) is 0 Å². The molecule has 0 radical (unpaired) electrons. The minimum Gasteiger partial charge on any atom is -0.376 e. The number of fused-ring (bicyclic) bond motifs is 1. The van der Waals surface area contributed by atoms with E-state index in [1.54, 1.807) is 0 Å². The second-order valence-corrected chi connectivity index (χ2v) is 4.90. The number of rotatable bonds is 0. The molecule has 0 spiro atoms. The Kier molecular flexibility index (Phi) is 2.93. The lowest BCUT2D eigenvalue weighted by atomic mass is 9.97. The first-order valence-electron chi connectivity index (χ1n) is 5.48. The molecule has 2 aliphatic rings. The zero-order valence-corrected chi connectivity index (χ0v) is 9.59. The second-order valence-electron chi connectivity index (χ2n) is 4.48. The summed E-state index contributed by atoms with van der Waals surface area (Å²) in [6.07, 6.45) is 4.03. The van der Waals surface area contributed by atoms with Gasteiger partial charge in [0, 0.05) is 25.2 Å². The predicted octanol–water partition coefficient (Wildman–Crippen LogP) is 0.789. The summed E-state index contributed by atoms with van der Waals surface area (Å²) in [5, 5.41) is 0.572. The molecule has 2 atom stereocenters. The van der Waals surface area contributed by atoms with E-state index in [2.05, 4.69) is 16.7 Å². The number of hydrogen-bond acceptors (Lipinski definition) is 2. The Morgan fingerprint density at radius 2 is 2.14 bits per heavy atom. The van der Waals surface area contributed by atoms with E-state index in [9.17, 15) is 0 Å². The minimum absolute atomic E-state index is 0.488. The van der Waals surface area contributed by atoms with Crippen molar-refractivity contribution in [1.82, 2.24) is 9.80 Å². The summed E-state index contributed by atoms with van der Waals surface area (Å²) in [4.78, 5) is 4.78. The van der Waals surface area contributed by atoms with Crippen molar-refractivity contribution >= 4 is 17.3 Å². The standard InChI is InChI=1S/C10H19N3S/c1-8-6-12-5-3-2-4-9(12)7-13(8)10(11)14/h8-9H,2-7H2,1H3,(H2,11,14). The Bertz CT molecular complexity index is 231. The largest absolute Gasteiger partial charge is 0.376 e. The van der Waals surface area contributed by atoms with Crippen molar-refractivity contribution in [1.29, 1.82) is 0 Å². The van der Waals surface area contributed by atoms with E-state index in [0.717, 1.165) is 13.1 Å². The molecule has 0 amide bonds. The minimum atomic E-state index is 0.488. The van der Waals surface area contributed by atoms with Gasteiger partial charge < -0.3 is 10.6 Å². The monoisotopic (exact) mass is 213 g/mol. The SMILES string of the molecule is CC1CN2CCCCC2CN1C(N)=S. The van der Waals surface area contributed by atoms with Gasteiger partial charge in [-0.1, -0.05) is 6.42 Å². The zero-order chi connectivity index (χ0) is 10.1. The third kappa shape index (κ3) is 1.86. The van der Waals surface area contributed by atoms with Crippen LogP contribution in [0.25, 0.3) is 0 Å². The number of nitrogens with zero attached hydrogens (tertiary/aromatic N) is 2. The molecule has 0 aromatic rings. The van der Waals surface area contributed by atoms with Crippen molar-refractivity contribution in [2.75, 3.05) is 19.6 Å². The third-order valence-electron chi connectivity index (χ3n) is 3.47. The summed E-state index contributed by atoms with van der Waals surface area (Å²) in [5.41, 5.74) is 5.72. The molecule has 2 unspecified atom stereocenters. The Labute approximate surface area is 91.2 Å². The van der Waals surface area contributed by atoms with Crippen molar-refractivity contribution in [2.24, 2.45) is 5.73 Å². The molecule has 2 N–H and O–H groups in total. The van der Waals surface area contributed by atoms with Crippen LogP contribution in [-0.4, -0.2) is 46.6 Å². The van der Waals surface area contributed by atoms with Crippen molar-refractivity contribution in [2.45, 2.75) is 38.3 Å². The molecule has 2 aliphatic heterocycles. The van der Waals surface area contributed by atoms with E-state index in [4.69, 9.17) is 18.0 Å². The van der Waals surface area contributed by atoms with Crippen LogP contribution in [0.2, 0.25) is 0 Å². The van der Waals surface area contributed by atoms with Crippen LogP contribution in [0.15, 0.2) is 0 Å². The lowest BCUT2D eigenvalue weighted by molar-refractivity contribution is 0.0510. The molecule has 4 heteroatoms. The highest BCUT2D eigenvalue weighted by atomic mass is 32.1. The second kappa shape index (κ2) is 4.03. The fraction of sp³-hybridized carbons (Fsp3) is 0.900. The molecular formula is C10H19N3S. The summed E-state index contributed by atoms with van der Waals surface area (Å²) in [6.45, 7) is 5.64. The van der Waals surface area contributed by atoms with Crippen LogP contribution in [0.3, 0.4) is 0 Å². The summed E-state index contributed by atoms with van der Waals surface area (Å²) >= 11 is 5.07. The van der Waals surface area contributed by atoms with Gasteiger partial charge in [-0.05, 0) is 38.5 Å². The topological polar surface area (TPSA) is 32.5 Å². The first kappa shape index (κ1) is 10.2. The number of piperidine rings is 1. The lowest BCUT2D eigenvalue weighted by Gasteiger charge is -2.47.